The van der Waals surface area contributed by atoms with Crippen LogP contribution < -0.4 is 5.46 Å². The fourth-order valence-corrected chi connectivity index (χ4v) is 1.10. The van der Waals surface area contributed by atoms with Crippen LogP contribution in [0.25, 0.3) is 0 Å². The van der Waals surface area contributed by atoms with E-state index in [1.54, 1.807) is 0 Å². The van der Waals surface area contributed by atoms with Crippen molar-refractivity contribution in [2.24, 2.45) is 0 Å². The topological polar surface area (TPSA) is 86.3 Å². The van der Waals surface area contributed by atoms with E-state index >= 15 is 0 Å². The summed E-state index contributed by atoms with van der Waals surface area (Å²) in [6.45, 7) is 0. The second-order valence-electron chi connectivity index (χ2n) is 2.82. The molecule has 15 heavy (non-hydrogen) atoms. The maximum atomic E-state index is 10.8. The van der Waals surface area contributed by atoms with Crippen LogP contribution in [0.2, 0.25) is 0 Å². The molecule has 4 nitrogen and oxygen atoms in total. The summed E-state index contributed by atoms with van der Waals surface area (Å²) < 4.78 is 4.53. The third-order valence-electron chi connectivity index (χ3n) is 1.80. The molecule has 0 bridgehead atoms. The molecule has 2 N–H and O–H groups in total. The van der Waals surface area contributed by atoms with E-state index in [0.717, 1.165) is 11.0 Å². The van der Waals surface area contributed by atoms with Gasteiger partial charge in [0, 0.05) is 0 Å². The third-order valence-corrected chi connectivity index (χ3v) is 1.80. The number of hydrogen-bond acceptors (Lipinski definition) is 4. The molecule has 0 unspecified atom stereocenters. The largest absolute Gasteiger partial charge is 0.870 e. The van der Waals surface area contributed by atoms with Crippen LogP contribution in [-0.2, 0) is 16.0 Å². The number of benzene rings is 1. The Morgan fingerprint density at radius 3 is 2.60 bits per heavy atom. The van der Waals surface area contributed by atoms with Gasteiger partial charge in [0.25, 0.3) is 0 Å². The quantitative estimate of drug-likeness (QED) is 0.525. The summed E-state index contributed by atoms with van der Waals surface area (Å²) in [6.07, 6.45) is 1.08. The smallest absolute Gasteiger partial charge is 0.870 e. The van der Waals surface area contributed by atoms with E-state index in [-0.39, 0.29) is 16.9 Å². The van der Waals surface area contributed by atoms with Gasteiger partial charge in [0.2, 0.25) is 0 Å². The Morgan fingerprint density at radius 2 is 2.07 bits per heavy atom. The van der Waals surface area contributed by atoms with Crippen LogP contribution in [-0.4, -0.2) is 31.9 Å². The first-order valence-corrected chi connectivity index (χ1v) is 4.13. The number of carbonyl (C=O) groups is 1. The summed E-state index contributed by atoms with van der Waals surface area (Å²) in [7, 11) is 6.97. The maximum Gasteiger partial charge on any atom is -0.870 e. The van der Waals surface area contributed by atoms with Crippen molar-refractivity contribution in [1.82, 2.24) is 0 Å². The fourth-order valence-electron chi connectivity index (χ4n) is 1.10. The molecule has 0 spiro atoms. The molecule has 1 aromatic rings. The molecule has 0 aliphatic carbocycles. The van der Waals surface area contributed by atoms with Crippen LogP contribution in [0.1, 0.15) is 12.0 Å². The molecular formula is C10H13BO4. The number of aryl methyl sites for hydroxylation is 1. The van der Waals surface area contributed by atoms with Crippen molar-refractivity contribution in [3.8, 4) is 0 Å². The number of methoxy groups -OCH3 is 1. The first-order chi connectivity index (χ1) is 6.22. The number of rotatable bonds is 3. The van der Waals surface area contributed by atoms with Crippen molar-refractivity contribution in [3.63, 3.8) is 0 Å². The van der Waals surface area contributed by atoms with Crippen LogP contribution >= 0.6 is 0 Å². The summed E-state index contributed by atoms with van der Waals surface area (Å²) >= 11 is 0. The van der Waals surface area contributed by atoms with Gasteiger partial charge in [0.05, 0.1) is 0 Å². The van der Waals surface area contributed by atoms with E-state index in [9.17, 15) is 4.79 Å². The standard InChI is InChI=1S/C10H11BO2.2H2O/c1-13-10(12)6-5-8-3-2-4-9(11)7-8;;/h2-4,7H,5-6H2,1H3;2*1H2/q+2;;/p-2. The molecular weight excluding hydrogens is 195 g/mol. The van der Waals surface area contributed by atoms with E-state index in [2.05, 4.69) is 4.74 Å². The van der Waals surface area contributed by atoms with Crippen molar-refractivity contribution >= 4 is 19.3 Å². The average molecular weight is 208 g/mol. The van der Waals surface area contributed by atoms with Gasteiger partial charge in [0.1, 0.15) is 0 Å². The van der Waals surface area contributed by atoms with E-state index in [0.29, 0.717) is 12.8 Å². The minimum atomic E-state index is -0.192. The van der Waals surface area contributed by atoms with Gasteiger partial charge in [-0.25, -0.2) is 0 Å². The molecule has 0 saturated carbocycles. The molecule has 5 heteroatoms. The molecule has 0 aromatic heterocycles. The minimum Gasteiger partial charge on any atom is -0.870 e. The molecule has 0 radical (unpaired) electrons. The van der Waals surface area contributed by atoms with Crippen LogP contribution in [0, 0.1) is 0 Å². The number of ether oxygens (including phenoxy) is 1. The van der Waals surface area contributed by atoms with E-state index in [4.69, 9.17) is 7.85 Å². The van der Waals surface area contributed by atoms with Crippen molar-refractivity contribution < 1.29 is 20.5 Å². The van der Waals surface area contributed by atoms with Crippen molar-refractivity contribution in [1.29, 1.82) is 0 Å². The molecule has 0 aliphatic heterocycles. The second-order valence-corrected chi connectivity index (χ2v) is 2.82. The van der Waals surface area contributed by atoms with Gasteiger partial charge in [-0.3, -0.25) is 0 Å². The van der Waals surface area contributed by atoms with Crippen molar-refractivity contribution in [2.75, 3.05) is 7.11 Å². The summed E-state index contributed by atoms with van der Waals surface area (Å²) in [6, 6.07) is 7.51. The van der Waals surface area contributed by atoms with Gasteiger partial charge in [-0.2, -0.15) is 0 Å². The van der Waals surface area contributed by atoms with Gasteiger partial charge in [-0.15, -0.1) is 0 Å². The molecule has 1 aromatic carbocycles. The zero-order chi connectivity index (χ0) is 9.68. The second kappa shape index (κ2) is 8.02. The first kappa shape index (κ1) is 16.1. The Balaban J connectivity index is 0. The monoisotopic (exact) mass is 208 g/mol. The molecule has 0 saturated heterocycles. The SMILES string of the molecule is [B+2]c1cccc(CCC(=O)OC)c1.[OH-].[OH-]. The Kier molecular flexibility index (Phi) is 8.62. The van der Waals surface area contributed by atoms with Gasteiger partial charge in [-0.1, -0.05) is 0 Å². The van der Waals surface area contributed by atoms with E-state index in [1.165, 1.54) is 7.11 Å². The first-order valence-electron chi connectivity index (χ1n) is 4.13. The molecule has 0 aliphatic rings. The Morgan fingerprint density at radius 1 is 1.40 bits per heavy atom. The molecule has 0 amide bonds. The van der Waals surface area contributed by atoms with Gasteiger partial charge >= 0.3 is 78.6 Å². The summed E-state index contributed by atoms with van der Waals surface area (Å²) in [5, 5.41) is 0. The predicted octanol–water partition coefficient (Wildman–Crippen LogP) is 0.232. The molecule has 80 valence electrons. The maximum absolute atomic E-state index is 10.8. The van der Waals surface area contributed by atoms with Gasteiger partial charge in [0.15, 0.2) is 0 Å². The fraction of sp³-hybridized carbons (Fsp3) is 0.300. The molecule has 0 heterocycles. The summed E-state index contributed by atoms with van der Waals surface area (Å²) in [4.78, 5) is 10.8. The van der Waals surface area contributed by atoms with Gasteiger partial charge < -0.3 is 11.0 Å². The average Bonchev–Trinajstić information content (AvgIpc) is 2.14. The Labute approximate surface area is 90.3 Å². The van der Waals surface area contributed by atoms with Crippen LogP contribution in [0.4, 0.5) is 0 Å². The minimum absolute atomic E-state index is 0. The van der Waals surface area contributed by atoms with E-state index < -0.39 is 0 Å². The number of hydrogen-bond donors (Lipinski definition) is 0. The Hall–Kier alpha value is -1.33. The molecule has 0 atom stereocenters. The summed E-state index contributed by atoms with van der Waals surface area (Å²) in [5.41, 5.74) is 1.78. The van der Waals surface area contributed by atoms with Crippen LogP contribution in [0.15, 0.2) is 24.3 Å². The van der Waals surface area contributed by atoms with Crippen molar-refractivity contribution in [3.05, 3.63) is 29.8 Å². The molecule has 0 fully saturated rings. The number of esters is 1. The number of carbonyl (C=O) groups excluding carboxylic acids is 1. The zero-order valence-electron chi connectivity index (χ0n) is 8.51. The third kappa shape index (κ3) is 5.88. The van der Waals surface area contributed by atoms with Gasteiger partial charge in [-0.05, 0) is 0 Å². The van der Waals surface area contributed by atoms with Crippen molar-refractivity contribution in [2.45, 2.75) is 12.8 Å². The predicted molar refractivity (Wildman–Crippen MR) is 56.0 cm³/mol. The summed E-state index contributed by atoms with van der Waals surface area (Å²) in [5.74, 6) is -0.192. The zero-order valence-corrected chi connectivity index (χ0v) is 8.51. The molecule has 1 rings (SSSR count). The normalized spacial score (nSPS) is 8.47. The van der Waals surface area contributed by atoms with E-state index in [1.807, 2.05) is 24.3 Å². The Bertz CT molecular complexity index is 301. The van der Waals surface area contributed by atoms with Crippen LogP contribution in [0.5, 0.6) is 0 Å². The van der Waals surface area contributed by atoms with Crippen LogP contribution in [0.3, 0.4) is 0 Å².